The van der Waals surface area contributed by atoms with Crippen molar-refractivity contribution in [2.45, 2.75) is 25.6 Å². The zero-order chi connectivity index (χ0) is 11.9. The molecule has 0 saturated heterocycles. The van der Waals surface area contributed by atoms with E-state index in [9.17, 15) is 15.0 Å². The first-order valence-electron chi connectivity index (χ1n) is 4.50. The van der Waals surface area contributed by atoms with Crippen molar-refractivity contribution in [3.05, 3.63) is 0 Å². The Hall–Kier alpha value is -0.690. The van der Waals surface area contributed by atoms with Gasteiger partial charge in [0, 0.05) is 14.0 Å². The van der Waals surface area contributed by atoms with E-state index in [-0.39, 0.29) is 20.0 Å². The molecule has 6 heteroatoms. The summed E-state index contributed by atoms with van der Waals surface area (Å²) in [6, 6.07) is 0. The first-order chi connectivity index (χ1) is 6.90. The van der Waals surface area contributed by atoms with Gasteiger partial charge in [0.05, 0.1) is 6.61 Å². The third-order valence-electron chi connectivity index (χ3n) is 1.76. The monoisotopic (exact) mass is 222 g/mol. The molecule has 2 atom stereocenters. The minimum absolute atomic E-state index is 0.0242. The summed E-state index contributed by atoms with van der Waals surface area (Å²) < 4.78 is 14.1. The van der Waals surface area contributed by atoms with Gasteiger partial charge in [0.25, 0.3) is 0 Å². The lowest BCUT2D eigenvalue weighted by Gasteiger charge is -2.28. The van der Waals surface area contributed by atoms with Gasteiger partial charge in [0.15, 0.2) is 0 Å². The van der Waals surface area contributed by atoms with Gasteiger partial charge >= 0.3 is 5.97 Å². The van der Waals surface area contributed by atoms with Gasteiger partial charge in [-0.15, -0.1) is 0 Å². The Kier molecular flexibility index (Phi) is 6.42. The molecule has 0 unspecified atom stereocenters. The predicted molar refractivity (Wildman–Crippen MR) is 51.1 cm³/mol. The number of hydrogen-bond acceptors (Lipinski definition) is 6. The number of carbonyl (C=O) groups excluding carboxylic acids is 1. The van der Waals surface area contributed by atoms with Crippen molar-refractivity contribution in [3.63, 3.8) is 0 Å². The van der Waals surface area contributed by atoms with Crippen molar-refractivity contribution < 1.29 is 29.2 Å². The van der Waals surface area contributed by atoms with Crippen LogP contribution in [0, 0.1) is 0 Å². The lowest BCUT2D eigenvalue weighted by atomic mass is 10.0. The summed E-state index contributed by atoms with van der Waals surface area (Å²) in [7, 11) is 1.45. The largest absolute Gasteiger partial charge is 0.463 e. The van der Waals surface area contributed by atoms with E-state index in [1.54, 1.807) is 0 Å². The molecule has 0 fully saturated rings. The van der Waals surface area contributed by atoms with Gasteiger partial charge in [0.1, 0.15) is 25.1 Å². The topological polar surface area (TPSA) is 85.2 Å². The number of ether oxygens (including phenoxy) is 3. The molecule has 90 valence electrons. The van der Waals surface area contributed by atoms with E-state index < -0.39 is 17.7 Å². The number of carbonyl (C=O) groups is 1. The summed E-state index contributed by atoms with van der Waals surface area (Å²) in [5.74, 6) is -0.511. The maximum atomic E-state index is 10.5. The Balaban J connectivity index is 3.90. The van der Waals surface area contributed by atoms with Crippen molar-refractivity contribution in [3.8, 4) is 0 Å². The van der Waals surface area contributed by atoms with E-state index >= 15 is 0 Å². The van der Waals surface area contributed by atoms with Gasteiger partial charge in [-0.2, -0.15) is 0 Å². The molecule has 0 heterocycles. The fourth-order valence-electron chi connectivity index (χ4n) is 0.804. The van der Waals surface area contributed by atoms with Crippen molar-refractivity contribution in [2.75, 3.05) is 27.1 Å². The van der Waals surface area contributed by atoms with Gasteiger partial charge < -0.3 is 24.4 Å². The molecule has 0 bridgehead atoms. The molecule has 0 aromatic heterocycles. The Morgan fingerprint density at radius 2 is 2.13 bits per heavy atom. The highest BCUT2D eigenvalue weighted by molar-refractivity contribution is 5.65. The fourth-order valence-corrected chi connectivity index (χ4v) is 0.804. The predicted octanol–water partition coefficient (Wildman–Crippen LogP) is -0.718. The number of hydrogen-bond donors (Lipinski definition) is 2. The van der Waals surface area contributed by atoms with E-state index in [4.69, 9.17) is 4.74 Å². The quantitative estimate of drug-likeness (QED) is 0.336. The molecule has 2 N–H and O–H groups in total. The van der Waals surface area contributed by atoms with E-state index in [2.05, 4.69) is 9.47 Å². The molecule has 0 aromatic rings. The molecule has 6 nitrogen and oxygen atoms in total. The van der Waals surface area contributed by atoms with E-state index in [0.29, 0.717) is 0 Å². The van der Waals surface area contributed by atoms with Crippen molar-refractivity contribution in [1.82, 2.24) is 0 Å². The number of esters is 1. The van der Waals surface area contributed by atoms with Crippen LogP contribution in [-0.2, 0) is 19.0 Å². The summed E-state index contributed by atoms with van der Waals surface area (Å²) in [6.07, 6.45) is -1.20. The lowest BCUT2D eigenvalue weighted by molar-refractivity contribution is -0.164. The molecule has 0 rings (SSSR count). The smallest absolute Gasteiger partial charge is 0.302 e. The van der Waals surface area contributed by atoms with Crippen molar-refractivity contribution in [2.24, 2.45) is 0 Å². The summed E-state index contributed by atoms with van der Waals surface area (Å²) in [5.41, 5.74) is -1.48. The Bertz CT molecular complexity index is 191. The number of methoxy groups -OCH3 is 1. The molecule has 0 aliphatic rings. The highest BCUT2D eigenvalue weighted by atomic mass is 16.7. The minimum atomic E-state index is -1.48. The minimum Gasteiger partial charge on any atom is -0.463 e. The molecule has 0 aliphatic heterocycles. The average Bonchev–Trinajstić information content (AvgIpc) is 2.14. The van der Waals surface area contributed by atoms with Crippen LogP contribution in [0.3, 0.4) is 0 Å². The second-order valence-electron chi connectivity index (χ2n) is 3.43. The standard InChI is InChI=1S/C9H18O6/c1-7(10)15-4-8(11)9(2,12)5-14-6-13-3/h8,11-12H,4-6H2,1-3H3/t8-,9-/m0/s1. The van der Waals surface area contributed by atoms with E-state index in [1.165, 1.54) is 21.0 Å². The van der Waals surface area contributed by atoms with Crippen molar-refractivity contribution >= 4 is 5.97 Å². The summed E-state index contributed by atoms with van der Waals surface area (Å²) >= 11 is 0. The van der Waals surface area contributed by atoms with Crippen LogP contribution in [0.25, 0.3) is 0 Å². The molecule has 0 aliphatic carbocycles. The molecule has 0 spiro atoms. The Labute approximate surface area is 88.7 Å². The van der Waals surface area contributed by atoms with Crippen LogP contribution in [0.2, 0.25) is 0 Å². The molecular formula is C9H18O6. The van der Waals surface area contributed by atoms with Crippen molar-refractivity contribution in [1.29, 1.82) is 0 Å². The van der Waals surface area contributed by atoms with Gasteiger partial charge in [0.2, 0.25) is 0 Å². The highest BCUT2D eigenvalue weighted by Crippen LogP contribution is 2.11. The lowest BCUT2D eigenvalue weighted by Crippen LogP contribution is -2.46. The first-order valence-corrected chi connectivity index (χ1v) is 4.50. The molecule has 0 radical (unpaired) electrons. The van der Waals surface area contributed by atoms with E-state index in [1.807, 2.05) is 0 Å². The van der Waals surface area contributed by atoms with Gasteiger partial charge in [-0.25, -0.2) is 0 Å². The summed E-state index contributed by atoms with van der Waals surface area (Å²) in [6.45, 7) is 2.26. The maximum Gasteiger partial charge on any atom is 0.302 e. The molecule has 0 saturated carbocycles. The zero-order valence-electron chi connectivity index (χ0n) is 9.23. The molecule has 0 aromatic carbocycles. The van der Waals surface area contributed by atoms with Crippen LogP contribution in [0.5, 0.6) is 0 Å². The second kappa shape index (κ2) is 6.73. The van der Waals surface area contributed by atoms with Crippen LogP contribution in [0.15, 0.2) is 0 Å². The number of aliphatic hydroxyl groups is 2. The third-order valence-corrected chi connectivity index (χ3v) is 1.76. The normalized spacial score (nSPS) is 16.9. The average molecular weight is 222 g/mol. The maximum absolute atomic E-state index is 10.5. The SMILES string of the molecule is COCOC[C@](C)(O)[C@@H](O)COC(C)=O. The van der Waals surface area contributed by atoms with Crippen LogP contribution >= 0.6 is 0 Å². The van der Waals surface area contributed by atoms with Gasteiger partial charge in [-0.05, 0) is 6.92 Å². The molecular weight excluding hydrogens is 204 g/mol. The van der Waals surface area contributed by atoms with Gasteiger partial charge in [-0.1, -0.05) is 0 Å². The fraction of sp³-hybridized carbons (Fsp3) is 0.889. The van der Waals surface area contributed by atoms with Crippen LogP contribution in [-0.4, -0.2) is 55.0 Å². The van der Waals surface area contributed by atoms with Crippen LogP contribution < -0.4 is 0 Å². The number of aliphatic hydroxyl groups excluding tert-OH is 1. The summed E-state index contributed by atoms with van der Waals surface area (Å²) in [4.78, 5) is 10.5. The second-order valence-corrected chi connectivity index (χ2v) is 3.43. The van der Waals surface area contributed by atoms with E-state index in [0.717, 1.165) is 0 Å². The molecule has 15 heavy (non-hydrogen) atoms. The first kappa shape index (κ1) is 14.3. The Morgan fingerprint density at radius 1 is 1.53 bits per heavy atom. The number of rotatable bonds is 7. The third kappa shape index (κ3) is 6.40. The Morgan fingerprint density at radius 3 is 2.60 bits per heavy atom. The van der Waals surface area contributed by atoms with Crippen LogP contribution in [0.1, 0.15) is 13.8 Å². The molecule has 0 amide bonds. The van der Waals surface area contributed by atoms with Crippen LogP contribution in [0.4, 0.5) is 0 Å². The summed E-state index contributed by atoms with van der Waals surface area (Å²) in [5, 5.41) is 19.2. The highest BCUT2D eigenvalue weighted by Gasteiger charge is 2.31. The zero-order valence-corrected chi connectivity index (χ0v) is 9.23. The van der Waals surface area contributed by atoms with Gasteiger partial charge in [-0.3, -0.25) is 4.79 Å².